The molecule has 1 heterocycles. The van der Waals surface area contributed by atoms with E-state index >= 15 is 0 Å². The number of ether oxygens (including phenoxy) is 1. The third-order valence-corrected chi connectivity index (χ3v) is 4.74. The van der Waals surface area contributed by atoms with Crippen molar-refractivity contribution < 1.29 is 4.74 Å². The van der Waals surface area contributed by atoms with Gasteiger partial charge in [0.25, 0.3) is 0 Å². The Morgan fingerprint density at radius 1 is 1.23 bits per heavy atom. The number of methoxy groups -OCH3 is 1. The van der Waals surface area contributed by atoms with Crippen LogP contribution in [0.5, 0.6) is 5.75 Å². The number of nitrogens with one attached hydrogen (secondary N) is 4. The number of nitrogens with zero attached hydrogens (tertiary/aromatic N) is 2. The molecule has 0 amide bonds. The van der Waals surface area contributed by atoms with Crippen molar-refractivity contribution in [2.24, 2.45) is 16.6 Å². The molecule has 0 saturated heterocycles. The number of anilines is 2. The molecule has 3 rings (SSSR count). The Morgan fingerprint density at radius 2 is 1.93 bits per heavy atom. The predicted octanol–water partition coefficient (Wildman–Crippen LogP) is 3.63. The predicted molar refractivity (Wildman–Crippen MR) is 122 cm³/mol. The van der Waals surface area contributed by atoms with Crippen LogP contribution in [0, 0.1) is 16.7 Å². The number of hydrogen-bond donors (Lipinski definition) is 5. The Kier molecular flexibility index (Phi) is 6.66. The van der Waals surface area contributed by atoms with Gasteiger partial charge in [-0.1, -0.05) is 12.1 Å². The van der Waals surface area contributed by atoms with Crippen LogP contribution in [-0.4, -0.2) is 35.5 Å². The number of amidine groups is 2. The highest BCUT2D eigenvalue weighted by atomic mass is 16.5. The maximum Gasteiger partial charge on any atom is 0.172 e. The van der Waals surface area contributed by atoms with Crippen molar-refractivity contribution >= 4 is 28.9 Å². The molecule has 158 valence electrons. The van der Waals surface area contributed by atoms with Gasteiger partial charge in [0.2, 0.25) is 0 Å². The molecule has 8 heteroatoms. The molecule has 1 saturated carbocycles. The Labute approximate surface area is 177 Å². The van der Waals surface area contributed by atoms with Crippen molar-refractivity contribution in [1.82, 2.24) is 4.98 Å². The summed E-state index contributed by atoms with van der Waals surface area (Å²) in [5.74, 6) is 1.85. The molecule has 1 aromatic carbocycles. The Balaban J connectivity index is 1.86. The number of hydrogen-bond acceptors (Lipinski definition) is 6. The summed E-state index contributed by atoms with van der Waals surface area (Å²) < 4.78 is 5.20. The van der Waals surface area contributed by atoms with E-state index in [9.17, 15) is 0 Å². The van der Waals surface area contributed by atoms with Crippen LogP contribution in [0.2, 0.25) is 0 Å². The summed E-state index contributed by atoms with van der Waals surface area (Å²) in [6.45, 7) is 4.55. The van der Waals surface area contributed by atoms with Crippen LogP contribution < -0.4 is 21.1 Å². The molecule has 2 aromatic rings. The fourth-order valence-electron chi connectivity index (χ4n) is 2.96. The van der Waals surface area contributed by atoms with Crippen LogP contribution in [0.1, 0.15) is 37.8 Å². The van der Waals surface area contributed by atoms with Crippen molar-refractivity contribution in [1.29, 1.82) is 10.8 Å². The topological polar surface area (TPSA) is 132 Å². The molecule has 8 nitrogen and oxygen atoms in total. The van der Waals surface area contributed by atoms with E-state index in [0.717, 1.165) is 24.2 Å². The Bertz CT molecular complexity index is 946. The summed E-state index contributed by atoms with van der Waals surface area (Å²) in [7, 11) is 1.64. The molecule has 30 heavy (non-hydrogen) atoms. The summed E-state index contributed by atoms with van der Waals surface area (Å²) in [6, 6.07) is 9.70. The molecule has 1 aromatic heterocycles. The highest BCUT2D eigenvalue weighted by molar-refractivity contribution is 6.48. The van der Waals surface area contributed by atoms with Gasteiger partial charge in [-0.2, -0.15) is 0 Å². The van der Waals surface area contributed by atoms with E-state index in [2.05, 4.69) is 20.6 Å². The maximum atomic E-state index is 8.63. The standard InChI is InChI=1S/C22H29N7O/c1-13(2)28-22-18(19(23)21(25)29-20(24)15-6-7-15)17(10-11-26-22)27-12-14-4-8-16(30-3)9-5-14/h4-5,8-11,13,15,23H,6-7,12H2,1-3H3,(H3,24,25,29)(H2,26,27,28). The largest absolute Gasteiger partial charge is 0.497 e. The van der Waals surface area contributed by atoms with Gasteiger partial charge in [-0.3, -0.25) is 10.8 Å². The first-order valence-corrected chi connectivity index (χ1v) is 10.0. The summed E-state index contributed by atoms with van der Waals surface area (Å²) in [6.07, 6.45) is 3.68. The maximum absolute atomic E-state index is 8.63. The van der Waals surface area contributed by atoms with Gasteiger partial charge < -0.3 is 21.1 Å². The lowest BCUT2D eigenvalue weighted by atomic mass is 10.1. The molecule has 0 spiro atoms. The van der Waals surface area contributed by atoms with Crippen molar-refractivity contribution in [3.05, 3.63) is 47.7 Å². The highest BCUT2D eigenvalue weighted by Gasteiger charge is 2.27. The number of nitrogens with two attached hydrogens (primary N) is 1. The second kappa shape index (κ2) is 9.39. The summed E-state index contributed by atoms with van der Waals surface area (Å²) in [4.78, 5) is 8.57. The van der Waals surface area contributed by atoms with E-state index < -0.39 is 0 Å². The lowest BCUT2D eigenvalue weighted by Crippen LogP contribution is -2.23. The van der Waals surface area contributed by atoms with Gasteiger partial charge in [-0.15, -0.1) is 0 Å². The first kappa shape index (κ1) is 21.3. The lowest BCUT2D eigenvalue weighted by Gasteiger charge is -2.18. The minimum Gasteiger partial charge on any atom is -0.497 e. The number of benzene rings is 1. The van der Waals surface area contributed by atoms with Crippen LogP contribution in [0.4, 0.5) is 11.5 Å². The molecule has 0 aliphatic heterocycles. The molecular weight excluding hydrogens is 378 g/mol. The second-order valence-electron chi connectivity index (χ2n) is 7.62. The monoisotopic (exact) mass is 407 g/mol. The lowest BCUT2D eigenvalue weighted by molar-refractivity contribution is 0.414. The van der Waals surface area contributed by atoms with Crippen LogP contribution in [-0.2, 0) is 6.54 Å². The number of aliphatic imine (C=N–C) groups is 1. The third-order valence-electron chi connectivity index (χ3n) is 4.74. The molecule has 0 unspecified atom stereocenters. The smallest absolute Gasteiger partial charge is 0.172 e. The van der Waals surface area contributed by atoms with Crippen molar-refractivity contribution in [2.45, 2.75) is 39.3 Å². The van der Waals surface area contributed by atoms with E-state index in [1.54, 1.807) is 19.4 Å². The molecule has 1 aliphatic carbocycles. The first-order chi connectivity index (χ1) is 14.4. The minimum absolute atomic E-state index is 0.0212. The van der Waals surface area contributed by atoms with E-state index in [-0.39, 0.29) is 23.5 Å². The van der Waals surface area contributed by atoms with Crippen LogP contribution in [0.3, 0.4) is 0 Å². The molecule has 0 bridgehead atoms. The van der Waals surface area contributed by atoms with E-state index in [0.29, 0.717) is 29.4 Å². The Hall–Kier alpha value is -3.42. The zero-order valence-electron chi connectivity index (χ0n) is 17.6. The SMILES string of the molecule is COc1ccc(CNc2ccnc(NC(C)C)c2C(=N)C(=N)N=C(N)C2CC2)cc1. The number of pyridine rings is 1. The van der Waals surface area contributed by atoms with Crippen LogP contribution in [0.15, 0.2) is 41.5 Å². The Morgan fingerprint density at radius 3 is 2.53 bits per heavy atom. The molecule has 1 aliphatic rings. The first-order valence-electron chi connectivity index (χ1n) is 10.0. The molecule has 0 atom stereocenters. The van der Waals surface area contributed by atoms with Gasteiger partial charge in [0, 0.05) is 30.4 Å². The van der Waals surface area contributed by atoms with Gasteiger partial charge in [-0.25, -0.2) is 9.98 Å². The third kappa shape index (κ3) is 5.34. The summed E-state index contributed by atoms with van der Waals surface area (Å²) in [5, 5.41) is 23.6. The second-order valence-corrected chi connectivity index (χ2v) is 7.62. The molecular formula is C22H29N7O. The fourth-order valence-corrected chi connectivity index (χ4v) is 2.96. The average Bonchev–Trinajstić information content (AvgIpc) is 3.57. The van der Waals surface area contributed by atoms with E-state index in [4.69, 9.17) is 21.3 Å². The van der Waals surface area contributed by atoms with E-state index in [1.165, 1.54) is 0 Å². The van der Waals surface area contributed by atoms with Gasteiger partial charge in [0.1, 0.15) is 23.1 Å². The summed E-state index contributed by atoms with van der Waals surface area (Å²) >= 11 is 0. The number of rotatable bonds is 9. The zero-order chi connectivity index (χ0) is 21.7. The summed E-state index contributed by atoms with van der Waals surface area (Å²) in [5.41, 5.74) is 8.23. The van der Waals surface area contributed by atoms with Crippen LogP contribution in [0.25, 0.3) is 0 Å². The molecule has 6 N–H and O–H groups in total. The molecule has 1 fully saturated rings. The molecule has 0 radical (unpaired) electrons. The normalized spacial score (nSPS) is 13.8. The van der Waals surface area contributed by atoms with Gasteiger partial charge >= 0.3 is 0 Å². The van der Waals surface area contributed by atoms with Gasteiger partial charge in [0.15, 0.2) is 5.84 Å². The van der Waals surface area contributed by atoms with Gasteiger partial charge in [0.05, 0.1) is 12.7 Å². The van der Waals surface area contributed by atoms with Crippen molar-refractivity contribution in [2.75, 3.05) is 17.7 Å². The van der Waals surface area contributed by atoms with Crippen molar-refractivity contribution in [3.8, 4) is 5.75 Å². The number of aromatic nitrogens is 1. The van der Waals surface area contributed by atoms with Crippen LogP contribution >= 0.6 is 0 Å². The average molecular weight is 408 g/mol. The van der Waals surface area contributed by atoms with Crippen molar-refractivity contribution in [3.63, 3.8) is 0 Å². The van der Waals surface area contributed by atoms with Gasteiger partial charge in [-0.05, 0) is 50.5 Å². The zero-order valence-corrected chi connectivity index (χ0v) is 17.6. The van der Waals surface area contributed by atoms with E-state index in [1.807, 2.05) is 38.1 Å². The fraction of sp³-hybridized carbons (Fsp3) is 0.364. The minimum atomic E-state index is -0.160. The quantitative estimate of drug-likeness (QED) is 0.320. The highest BCUT2D eigenvalue weighted by Crippen LogP contribution is 2.29.